The zero-order valence-electron chi connectivity index (χ0n) is 12.0. The van der Waals surface area contributed by atoms with Gasteiger partial charge in [0.1, 0.15) is 11.9 Å². The van der Waals surface area contributed by atoms with Gasteiger partial charge < -0.3 is 14.8 Å². The van der Waals surface area contributed by atoms with E-state index < -0.39 is 0 Å². The van der Waals surface area contributed by atoms with Gasteiger partial charge in [-0.3, -0.25) is 0 Å². The van der Waals surface area contributed by atoms with Gasteiger partial charge in [0.25, 0.3) is 0 Å². The SMILES string of the molecule is Clc1cc(Cl)cc(OC(C2CCOCC2)[C@H]2CCNC2)c1. The maximum atomic E-state index is 6.34. The molecular weight excluding hydrogens is 309 g/mol. The van der Waals surface area contributed by atoms with Crippen molar-refractivity contribution in [2.45, 2.75) is 25.4 Å². The van der Waals surface area contributed by atoms with Crippen LogP contribution >= 0.6 is 23.2 Å². The summed E-state index contributed by atoms with van der Waals surface area (Å²) in [7, 11) is 0. The second-order valence-electron chi connectivity index (χ2n) is 5.89. The number of benzene rings is 1. The number of hydrogen-bond donors (Lipinski definition) is 1. The van der Waals surface area contributed by atoms with E-state index in [1.54, 1.807) is 6.07 Å². The average Bonchev–Trinajstić information content (AvgIpc) is 2.98. The molecule has 1 unspecified atom stereocenters. The van der Waals surface area contributed by atoms with E-state index in [0.717, 1.165) is 51.3 Å². The lowest BCUT2D eigenvalue weighted by molar-refractivity contribution is -0.00133. The van der Waals surface area contributed by atoms with E-state index in [-0.39, 0.29) is 6.10 Å². The molecule has 1 aromatic carbocycles. The quantitative estimate of drug-likeness (QED) is 0.911. The van der Waals surface area contributed by atoms with Crippen molar-refractivity contribution in [2.24, 2.45) is 11.8 Å². The monoisotopic (exact) mass is 329 g/mol. The zero-order chi connectivity index (χ0) is 14.7. The Morgan fingerprint density at radius 1 is 1.05 bits per heavy atom. The predicted octanol–water partition coefficient (Wildman–Crippen LogP) is 3.78. The molecule has 0 radical (unpaired) electrons. The first-order chi connectivity index (χ1) is 10.2. The molecule has 0 saturated carbocycles. The second-order valence-corrected chi connectivity index (χ2v) is 6.76. The van der Waals surface area contributed by atoms with Crippen molar-refractivity contribution in [1.29, 1.82) is 0 Å². The minimum absolute atomic E-state index is 0.207. The van der Waals surface area contributed by atoms with Crippen LogP contribution in [0.3, 0.4) is 0 Å². The summed E-state index contributed by atoms with van der Waals surface area (Å²) < 4.78 is 11.8. The topological polar surface area (TPSA) is 30.5 Å². The Hall–Kier alpha value is -0.480. The summed E-state index contributed by atoms with van der Waals surface area (Å²) >= 11 is 12.2. The summed E-state index contributed by atoms with van der Waals surface area (Å²) in [5.74, 6) is 1.86. The fourth-order valence-electron chi connectivity index (χ4n) is 3.33. The number of ether oxygens (including phenoxy) is 2. The van der Waals surface area contributed by atoms with E-state index >= 15 is 0 Å². The average molecular weight is 330 g/mol. The van der Waals surface area contributed by atoms with Crippen LogP contribution in [0.1, 0.15) is 19.3 Å². The fraction of sp³-hybridized carbons (Fsp3) is 0.625. The molecule has 1 N–H and O–H groups in total. The van der Waals surface area contributed by atoms with Crippen LogP contribution in [0.15, 0.2) is 18.2 Å². The molecule has 3 nitrogen and oxygen atoms in total. The van der Waals surface area contributed by atoms with Crippen LogP contribution in [-0.2, 0) is 4.74 Å². The molecule has 1 aromatic rings. The summed E-state index contributed by atoms with van der Waals surface area (Å²) in [4.78, 5) is 0. The van der Waals surface area contributed by atoms with Gasteiger partial charge in [-0.05, 0) is 44.0 Å². The van der Waals surface area contributed by atoms with Gasteiger partial charge in [-0.1, -0.05) is 23.2 Å². The van der Waals surface area contributed by atoms with Gasteiger partial charge in [-0.2, -0.15) is 0 Å². The van der Waals surface area contributed by atoms with Gasteiger partial charge in [-0.15, -0.1) is 0 Å². The molecule has 2 fully saturated rings. The molecule has 5 heteroatoms. The molecule has 2 saturated heterocycles. The first-order valence-electron chi connectivity index (χ1n) is 7.63. The molecule has 0 spiro atoms. The van der Waals surface area contributed by atoms with E-state index in [1.807, 2.05) is 12.1 Å². The Bertz CT molecular complexity index is 451. The molecule has 3 rings (SSSR count). The van der Waals surface area contributed by atoms with Crippen molar-refractivity contribution in [2.75, 3.05) is 26.3 Å². The molecule has 0 aliphatic carbocycles. The number of halogens is 2. The van der Waals surface area contributed by atoms with E-state index in [0.29, 0.717) is 21.9 Å². The largest absolute Gasteiger partial charge is 0.490 e. The Morgan fingerprint density at radius 3 is 2.38 bits per heavy atom. The molecule has 2 aliphatic rings. The van der Waals surface area contributed by atoms with Crippen molar-refractivity contribution in [1.82, 2.24) is 5.32 Å². The lowest BCUT2D eigenvalue weighted by Crippen LogP contribution is -2.39. The molecular formula is C16H21Cl2NO2. The van der Waals surface area contributed by atoms with E-state index in [1.165, 1.54) is 0 Å². The van der Waals surface area contributed by atoms with Crippen molar-refractivity contribution in [3.05, 3.63) is 28.2 Å². The van der Waals surface area contributed by atoms with Gasteiger partial charge in [0.2, 0.25) is 0 Å². The van der Waals surface area contributed by atoms with E-state index in [2.05, 4.69) is 5.32 Å². The summed E-state index contributed by atoms with van der Waals surface area (Å²) in [6.07, 6.45) is 3.50. The molecule has 21 heavy (non-hydrogen) atoms. The number of hydrogen-bond acceptors (Lipinski definition) is 3. The number of nitrogens with one attached hydrogen (secondary N) is 1. The maximum absolute atomic E-state index is 6.34. The first kappa shape index (κ1) is 15.4. The molecule has 0 bridgehead atoms. The number of rotatable bonds is 4. The highest BCUT2D eigenvalue weighted by Crippen LogP contribution is 2.33. The molecule has 2 atom stereocenters. The maximum Gasteiger partial charge on any atom is 0.122 e. The van der Waals surface area contributed by atoms with Gasteiger partial charge in [-0.25, -0.2) is 0 Å². The Balaban J connectivity index is 1.77. The molecule has 2 heterocycles. The van der Waals surface area contributed by atoms with E-state index in [4.69, 9.17) is 32.7 Å². The summed E-state index contributed by atoms with van der Waals surface area (Å²) in [6.45, 7) is 3.77. The lowest BCUT2D eigenvalue weighted by Gasteiger charge is -2.34. The third-order valence-corrected chi connectivity index (χ3v) is 4.84. The summed E-state index contributed by atoms with van der Waals surface area (Å²) in [5, 5.41) is 4.67. The lowest BCUT2D eigenvalue weighted by atomic mass is 9.85. The minimum atomic E-state index is 0.207. The third kappa shape index (κ3) is 4.04. The molecule has 0 amide bonds. The van der Waals surface area contributed by atoms with Gasteiger partial charge >= 0.3 is 0 Å². The van der Waals surface area contributed by atoms with E-state index in [9.17, 15) is 0 Å². The van der Waals surface area contributed by atoms with Crippen LogP contribution < -0.4 is 10.1 Å². The smallest absolute Gasteiger partial charge is 0.122 e. The second kappa shape index (κ2) is 7.19. The normalized spacial score (nSPS) is 25.0. The minimum Gasteiger partial charge on any atom is -0.490 e. The van der Waals surface area contributed by atoms with Crippen LogP contribution in [0.4, 0.5) is 0 Å². The standard InChI is InChI=1S/C16H21Cl2NO2/c17-13-7-14(18)9-15(8-13)21-16(12-1-4-19-10-12)11-2-5-20-6-3-11/h7-9,11-12,16,19H,1-6,10H2/t12-,16?/m0/s1. The Kier molecular flexibility index (Phi) is 5.28. The van der Waals surface area contributed by atoms with Crippen molar-refractivity contribution < 1.29 is 9.47 Å². The van der Waals surface area contributed by atoms with Crippen molar-refractivity contribution in [3.63, 3.8) is 0 Å². The van der Waals surface area contributed by atoms with Gasteiger partial charge in [0.05, 0.1) is 0 Å². The van der Waals surface area contributed by atoms with Crippen molar-refractivity contribution >= 4 is 23.2 Å². The molecule has 0 aromatic heterocycles. The first-order valence-corrected chi connectivity index (χ1v) is 8.39. The van der Waals surface area contributed by atoms with Gasteiger partial charge in [0, 0.05) is 41.6 Å². The fourth-order valence-corrected chi connectivity index (χ4v) is 3.84. The zero-order valence-corrected chi connectivity index (χ0v) is 13.5. The Morgan fingerprint density at radius 2 is 1.76 bits per heavy atom. The highest BCUT2D eigenvalue weighted by Gasteiger charge is 2.34. The molecule has 116 valence electrons. The van der Waals surface area contributed by atoms with Gasteiger partial charge in [0.15, 0.2) is 0 Å². The highest BCUT2D eigenvalue weighted by molar-refractivity contribution is 6.34. The summed E-state index contributed by atoms with van der Waals surface area (Å²) in [6, 6.07) is 5.43. The van der Waals surface area contributed by atoms with Crippen LogP contribution in [0.2, 0.25) is 10.0 Å². The van der Waals surface area contributed by atoms with Crippen LogP contribution in [0.25, 0.3) is 0 Å². The van der Waals surface area contributed by atoms with Crippen molar-refractivity contribution in [3.8, 4) is 5.75 Å². The summed E-state index contributed by atoms with van der Waals surface area (Å²) in [5.41, 5.74) is 0. The van der Waals surface area contributed by atoms with Crippen LogP contribution in [0.5, 0.6) is 5.75 Å². The predicted molar refractivity (Wildman–Crippen MR) is 85.4 cm³/mol. The van der Waals surface area contributed by atoms with Crippen LogP contribution in [-0.4, -0.2) is 32.4 Å². The molecule has 2 aliphatic heterocycles. The highest BCUT2D eigenvalue weighted by atomic mass is 35.5. The Labute approximate surface area is 135 Å². The third-order valence-electron chi connectivity index (χ3n) is 4.40. The van der Waals surface area contributed by atoms with Crippen LogP contribution in [0, 0.1) is 11.8 Å².